The Labute approximate surface area is 116 Å². The average Bonchev–Trinajstić information content (AvgIpc) is 2.22. The summed E-state index contributed by atoms with van der Waals surface area (Å²) in [7, 11) is -5.35. The van der Waals surface area contributed by atoms with E-state index in [9.17, 15) is 27.3 Å². The van der Waals surface area contributed by atoms with Crippen LogP contribution in [-0.2, 0) is 19.6 Å². The zero-order chi connectivity index (χ0) is 14.8. The van der Waals surface area contributed by atoms with E-state index >= 15 is 0 Å². The summed E-state index contributed by atoms with van der Waals surface area (Å²) >= 11 is 0. The number of halogens is 1. The third kappa shape index (κ3) is 2.33. The van der Waals surface area contributed by atoms with Gasteiger partial charge in [-0.1, -0.05) is 0 Å². The molecule has 4 aliphatic carbocycles. The van der Waals surface area contributed by atoms with Gasteiger partial charge < -0.3 is 14.4 Å². The average molecular weight is 307 g/mol. The minimum absolute atomic E-state index is 0.199. The van der Waals surface area contributed by atoms with Gasteiger partial charge in [0.2, 0.25) is 0 Å². The molecule has 0 radical (unpaired) electrons. The first-order valence-electron chi connectivity index (χ1n) is 6.65. The van der Waals surface area contributed by atoms with Crippen LogP contribution in [-0.4, -0.2) is 40.8 Å². The maximum absolute atomic E-state index is 13.2. The Morgan fingerprint density at radius 2 is 1.85 bits per heavy atom. The van der Waals surface area contributed by atoms with Crippen molar-refractivity contribution >= 4 is 16.1 Å². The van der Waals surface area contributed by atoms with E-state index in [1.807, 2.05) is 0 Å². The van der Waals surface area contributed by atoms with Gasteiger partial charge in [0.15, 0.2) is 0 Å². The van der Waals surface area contributed by atoms with Gasteiger partial charge in [-0.15, -0.1) is 0 Å². The Balaban J connectivity index is 1.79. The highest BCUT2D eigenvalue weighted by Gasteiger charge is 2.59. The number of esters is 1. The highest BCUT2D eigenvalue weighted by Crippen LogP contribution is 2.58. The number of rotatable bonds is 3. The van der Waals surface area contributed by atoms with E-state index in [0.29, 0.717) is 25.7 Å². The zero-order valence-corrected chi connectivity index (χ0v) is 11.6. The summed E-state index contributed by atoms with van der Waals surface area (Å²) in [6.45, 7) is 0. The Bertz CT molecular complexity index is 530. The van der Waals surface area contributed by atoms with E-state index in [1.54, 1.807) is 0 Å². The number of alkyl halides is 1. The fourth-order valence-electron chi connectivity index (χ4n) is 4.63. The molecular weight excluding hydrogens is 291 g/mol. The van der Waals surface area contributed by atoms with Crippen molar-refractivity contribution in [3.8, 4) is 0 Å². The molecule has 0 aliphatic heterocycles. The molecule has 4 fully saturated rings. The fourth-order valence-corrected chi connectivity index (χ4v) is 4.91. The van der Waals surface area contributed by atoms with E-state index in [4.69, 9.17) is 4.74 Å². The van der Waals surface area contributed by atoms with Crippen molar-refractivity contribution in [3.05, 3.63) is 0 Å². The summed E-state index contributed by atoms with van der Waals surface area (Å²) in [6.07, 6.45) is 3.43. The maximum Gasteiger partial charge on any atom is 0.356 e. The summed E-state index contributed by atoms with van der Waals surface area (Å²) in [6, 6.07) is 0. The molecule has 0 heterocycles. The van der Waals surface area contributed by atoms with Crippen LogP contribution in [0.3, 0.4) is 0 Å². The smallest absolute Gasteiger partial charge is 0.356 e. The van der Waals surface area contributed by atoms with Gasteiger partial charge in [0.25, 0.3) is 5.50 Å². The van der Waals surface area contributed by atoms with E-state index < -0.39 is 32.8 Å². The summed E-state index contributed by atoms with van der Waals surface area (Å²) in [4.78, 5) is 11.5. The quantitative estimate of drug-likeness (QED) is 0.600. The molecule has 0 aromatic rings. The van der Waals surface area contributed by atoms with Crippen molar-refractivity contribution in [2.45, 2.75) is 55.2 Å². The topological polar surface area (TPSA) is 104 Å². The van der Waals surface area contributed by atoms with Crippen LogP contribution in [0, 0.1) is 11.8 Å². The van der Waals surface area contributed by atoms with E-state index in [2.05, 4.69) is 0 Å². The molecule has 4 aliphatic rings. The van der Waals surface area contributed by atoms with Crippen LogP contribution in [0.25, 0.3) is 0 Å². The van der Waals surface area contributed by atoms with E-state index in [-0.39, 0.29) is 18.3 Å². The standard InChI is InChI=1S/C12H17FO6S/c13-9(20(16,17)18)10(14)19-12-4-7-1-8(5-12)3-11(15,2-7)6-12/h7-9,15H,1-6H2,(H,16,17,18)/p-1. The van der Waals surface area contributed by atoms with Gasteiger partial charge in [-0.25, -0.2) is 17.6 Å². The molecule has 1 N–H and O–H groups in total. The van der Waals surface area contributed by atoms with Crippen LogP contribution in [0.2, 0.25) is 0 Å². The molecule has 4 saturated carbocycles. The molecule has 20 heavy (non-hydrogen) atoms. The number of hydrogen-bond acceptors (Lipinski definition) is 6. The molecule has 114 valence electrons. The molecule has 0 saturated heterocycles. The van der Waals surface area contributed by atoms with Crippen LogP contribution in [0.1, 0.15) is 38.5 Å². The largest absolute Gasteiger partial charge is 0.745 e. The zero-order valence-electron chi connectivity index (χ0n) is 10.7. The molecule has 4 bridgehead atoms. The van der Waals surface area contributed by atoms with Crippen molar-refractivity contribution in [3.63, 3.8) is 0 Å². The van der Waals surface area contributed by atoms with Crippen LogP contribution >= 0.6 is 0 Å². The van der Waals surface area contributed by atoms with Crippen LogP contribution in [0.5, 0.6) is 0 Å². The molecule has 8 heteroatoms. The van der Waals surface area contributed by atoms with Gasteiger partial charge in [0.1, 0.15) is 15.7 Å². The van der Waals surface area contributed by atoms with Crippen molar-refractivity contribution in [1.29, 1.82) is 0 Å². The first-order valence-corrected chi connectivity index (χ1v) is 8.12. The van der Waals surface area contributed by atoms with Gasteiger partial charge in [-0.2, -0.15) is 0 Å². The molecule has 4 rings (SSSR count). The van der Waals surface area contributed by atoms with Crippen molar-refractivity contribution in [2.75, 3.05) is 0 Å². The number of carbonyl (C=O) groups is 1. The molecule has 6 nitrogen and oxygen atoms in total. The number of carbonyl (C=O) groups excluding carboxylic acids is 1. The van der Waals surface area contributed by atoms with Crippen molar-refractivity contribution in [2.24, 2.45) is 11.8 Å². The molecule has 0 amide bonds. The van der Waals surface area contributed by atoms with Crippen molar-refractivity contribution in [1.82, 2.24) is 0 Å². The lowest BCUT2D eigenvalue weighted by molar-refractivity contribution is -0.221. The highest BCUT2D eigenvalue weighted by atomic mass is 32.2. The van der Waals surface area contributed by atoms with Gasteiger partial charge >= 0.3 is 5.97 Å². The second-order valence-corrected chi connectivity index (χ2v) is 8.00. The fraction of sp³-hybridized carbons (Fsp3) is 0.917. The monoisotopic (exact) mass is 307 g/mol. The lowest BCUT2D eigenvalue weighted by Crippen LogP contribution is -2.60. The third-order valence-corrected chi connectivity index (χ3v) is 5.43. The summed E-state index contributed by atoms with van der Waals surface area (Å²) < 4.78 is 49.9. The van der Waals surface area contributed by atoms with Gasteiger partial charge in [0, 0.05) is 6.42 Å². The first-order chi connectivity index (χ1) is 9.11. The van der Waals surface area contributed by atoms with Crippen LogP contribution in [0.4, 0.5) is 4.39 Å². The molecule has 0 spiro atoms. The molecule has 3 atom stereocenters. The Morgan fingerprint density at radius 1 is 1.30 bits per heavy atom. The molecule has 3 unspecified atom stereocenters. The van der Waals surface area contributed by atoms with E-state index in [0.717, 1.165) is 6.42 Å². The summed E-state index contributed by atoms with van der Waals surface area (Å²) in [5, 5.41) is 10.4. The van der Waals surface area contributed by atoms with Crippen LogP contribution < -0.4 is 0 Å². The minimum Gasteiger partial charge on any atom is -0.745 e. The summed E-state index contributed by atoms with van der Waals surface area (Å²) in [5.41, 5.74) is -5.11. The second-order valence-electron chi connectivity index (χ2n) is 6.60. The second kappa shape index (κ2) is 4.14. The predicted molar refractivity (Wildman–Crippen MR) is 63.0 cm³/mol. The number of hydrogen-bond donors (Lipinski definition) is 1. The van der Waals surface area contributed by atoms with Gasteiger partial charge in [-0.3, -0.25) is 0 Å². The molecular formula is C12H16FO6S-. The number of aliphatic hydroxyl groups is 1. The van der Waals surface area contributed by atoms with Crippen molar-refractivity contribution < 1.29 is 32.0 Å². The predicted octanol–water partition coefficient (Wildman–Crippen LogP) is 0.454. The maximum atomic E-state index is 13.2. The minimum atomic E-state index is -5.35. The molecule has 0 aromatic heterocycles. The van der Waals surface area contributed by atoms with Crippen LogP contribution in [0.15, 0.2) is 0 Å². The lowest BCUT2D eigenvalue weighted by Gasteiger charge is -2.59. The summed E-state index contributed by atoms with van der Waals surface area (Å²) in [5.74, 6) is -1.24. The SMILES string of the molecule is O=C(OC12CC3CC(CC(O)(C3)C1)C2)C(F)S(=O)(=O)[O-]. The van der Waals surface area contributed by atoms with E-state index in [1.165, 1.54) is 0 Å². The van der Waals surface area contributed by atoms with Gasteiger partial charge in [-0.05, 0) is 43.9 Å². The normalized spacial score (nSPS) is 44.4. The number of ether oxygens (including phenoxy) is 1. The Kier molecular flexibility index (Phi) is 2.94. The highest BCUT2D eigenvalue weighted by molar-refractivity contribution is 7.86. The Hall–Kier alpha value is -0.730. The Morgan fingerprint density at radius 3 is 2.30 bits per heavy atom. The first kappa shape index (κ1) is 14.2. The lowest BCUT2D eigenvalue weighted by atomic mass is 9.52. The molecule has 0 aromatic carbocycles. The third-order valence-electron chi connectivity index (χ3n) is 4.73. The van der Waals surface area contributed by atoms with Gasteiger partial charge in [0.05, 0.1) is 5.60 Å².